The summed E-state index contributed by atoms with van der Waals surface area (Å²) in [5, 5.41) is 10.8. The van der Waals surface area contributed by atoms with Gasteiger partial charge in [0.1, 0.15) is 17.4 Å². The quantitative estimate of drug-likeness (QED) is 0.190. The second kappa shape index (κ2) is 12.6. The van der Waals surface area contributed by atoms with Gasteiger partial charge in [0.15, 0.2) is 5.13 Å². The van der Waals surface area contributed by atoms with Gasteiger partial charge in [-0.3, -0.25) is 15.0 Å². The van der Waals surface area contributed by atoms with Crippen LogP contribution in [0, 0.1) is 11.7 Å². The number of aromatic nitrogens is 5. The molecule has 13 heteroatoms. The molecule has 0 saturated carbocycles. The average molecular weight is 613 g/mol. The SMILES string of the molecule is CC(C)Cc1cc(NC(=O)Nc2cnc(Oc3ccc(-c4cnc(N5CCCC5=O)s4)cc3)nc2)n(-c2ccc(F)cc2)n1. The first-order valence-corrected chi connectivity index (χ1v) is 14.9. The van der Waals surface area contributed by atoms with Crippen molar-refractivity contribution in [2.75, 3.05) is 22.1 Å². The summed E-state index contributed by atoms with van der Waals surface area (Å²) in [6, 6.07) is 14.7. The Morgan fingerprint density at radius 2 is 1.77 bits per heavy atom. The maximum absolute atomic E-state index is 13.5. The molecule has 1 aliphatic rings. The summed E-state index contributed by atoms with van der Waals surface area (Å²) in [5.41, 5.74) is 2.73. The topological polar surface area (TPSA) is 127 Å². The van der Waals surface area contributed by atoms with Crippen LogP contribution in [0.2, 0.25) is 0 Å². The van der Waals surface area contributed by atoms with Crippen LogP contribution in [-0.2, 0) is 11.2 Å². The highest BCUT2D eigenvalue weighted by atomic mass is 32.1. The highest BCUT2D eigenvalue weighted by molar-refractivity contribution is 7.19. The minimum absolute atomic E-state index is 0.113. The van der Waals surface area contributed by atoms with Gasteiger partial charge in [-0.15, -0.1) is 0 Å². The molecule has 6 rings (SSSR count). The van der Waals surface area contributed by atoms with E-state index < -0.39 is 6.03 Å². The number of halogens is 1. The van der Waals surface area contributed by atoms with E-state index in [2.05, 4.69) is 44.5 Å². The standard InChI is InChI=1S/C31H29FN8O3S/c1-19(2)14-22-15-27(40(38-22)24-9-7-21(32)8-10-24)37-29(42)36-23-16-33-30(34-17-23)43-25-11-5-20(6-12-25)26-18-35-31(44-26)39-13-3-4-28(39)41/h5-12,15-19H,3-4,13-14H2,1-2H3,(H2,36,37,42). The molecule has 5 aromatic rings. The van der Waals surface area contributed by atoms with E-state index in [4.69, 9.17) is 4.74 Å². The van der Waals surface area contributed by atoms with E-state index in [0.717, 1.165) is 29.0 Å². The lowest BCUT2D eigenvalue weighted by Gasteiger charge is -2.10. The van der Waals surface area contributed by atoms with Gasteiger partial charge in [-0.25, -0.2) is 28.8 Å². The molecule has 224 valence electrons. The van der Waals surface area contributed by atoms with Crippen molar-refractivity contribution in [3.8, 4) is 27.9 Å². The largest absolute Gasteiger partial charge is 0.424 e. The van der Waals surface area contributed by atoms with Crippen LogP contribution in [0.4, 0.5) is 25.8 Å². The van der Waals surface area contributed by atoms with Crippen molar-refractivity contribution in [2.45, 2.75) is 33.1 Å². The van der Waals surface area contributed by atoms with E-state index in [1.807, 2.05) is 12.1 Å². The molecule has 11 nitrogen and oxygen atoms in total. The van der Waals surface area contributed by atoms with Gasteiger partial charge >= 0.3 is 12.0 Å². The maximum Gasteiger partial charge on any atom is 0.324 e. The van der Waals surface area contributed by atoms with Gasteiger partial charge in [-0.05, 0) is 72.9 Å². The first-order valence-electron chi connectivity index (χ1n) is 14.1. The second-order valence-electron chi connectivity index (χ2n) is 10.6. The Morgan fingerprint density at radius 3 is 2.45 bits per heavy atom. The van der Waals surface area contributed by atoms with Crippen LogP contribution in [0.15, 0.2) is 73.2 Å². The molecule has 3 aromatic heterocycles. The summed E-state index contributed by atoms with van der Waals surface area (Å²) in [6.45, 7) is 4.87. The van der Waals surface area contributed by atoms with Gasteiger partial charge in [0.05, 0.1) is 34.3 Å². The smallest absolute Gasteiger partial charge is 0.324 e. The normalized spacial score (nSPS) is 13.0. The van der Waals surface area contributed by atoms with Crippen LogP contribution in [0.5, 0.6) is 11.8 Å². The summed E-state index contributed by atoms with van der Waals surface area (Å²) >= 11 is 1.48. The summed E-state index contributed by atoms with van der Waals surface area (Å²) in [7, 11) is 0. The van der Waals surface area contributed by atoms with Crippen molar-refractivity contribution in [3.63, 3.8) is 0 Å². The van der Waals surface area contributed by atoms with E-state index in [-0.39, 0.29) is 17.7 Å². The Kier molecular flexibility index (Phi) is 8.28. The number of carbonyl (C=O) groups is 2. The maximum atomic E-state index is 13.5. The Hall–Kier alpha value is -5.17. The fourth-order valence-corrected chi connectivity index (χ4v) is 5.66. The van der Waals surface area contributed by atoms with E-state index >= 15 is 0 Å². The third kappa shape index (κ3) is 6.73. The molecule has 44 heavy (non-hydrogen) atoms. The van der Waals surface area contributed by atoms with Crippen LogP contribution in [0.3, 0.4) is 0 Å². The number of nitrogens with zero attached hydrogens (tertiary/aromatic N) is 6. The summed E-state index contributed by atoms with van der Waals surface area (Å²) < 4.78 is 20.8. The van der Waals surface area contributed by atoms with Gasteiger partial charge in [0.2, 0.25) is 5.91 Å². The third-order valence-corrected chi connectivity index (χ3v) is 7.79. The molecule has 2 N–H and O–H groups in total. The first kappa shape index (κ1) is 28.9. The number of rotatable bonds is 9. The van der Waals surface area contributed by atoms with Crippen molar-refractivity contribution in [1.82, 2.24) is 24.7 Å². The minimum atomic E-state index is -0.516. The molecule has 0 unspecified atom stereocenters. The van der Waals surface area contributed by atoms with Gasteiger partial charge in [-0.2, -0.15) is 5.10 Å². The molecular weight excluding hydrogens is 583 g/mol. The molecule has 1 aliphatic heterocycles. The van der Waals surface area contributed by atoms with Crippen molar-refractivity contribution in [3.05, 3.63) is 84.7 Å². The van der Waals surface area contributed by atoms with Crippen molar-refractivity contribution >= 4 is 39.9 Å². The molecule has 0 bridgehead atoms. The lowest BCUT2D eigenvalue weighted by molar-refractivity contribution is -0.117. The Bertz CT molecular complexity index is 1770. The average Bonchev–Trinajstić information content (AvgIpc) is 3.75. The van der Waals surface area contributed by atoms with Crippen LogP contribution in [0.25, 0.3) is 16.1 Å². The number of nitrogens with one attached hydrogen (secondary N) is 2. The van der Waals surface area contributed by atoms with Crippen molar-refractivity contribution < 1.29 is 18.7 Å². The van der Waals surface area contributed by atoms with Crippen LogP contribution < -0.4 is 20.3 Å². The number of hydrogen-bond acceptors (Lipinski definition) is 8. The summed E-state index contributed by atoms with van der Waals surface area (Å²) in [4.78, 5) is 40.4. The Balaban J connectivity index is 1.07. The van der Waals surface area contributed by atoms with Gasteiger partial charge < -0.3 is 10.1 Å². The molecule has 0 spiro atoms. The zero-order valence-corrected chi connectivity index (χ0v) is 24.8. The number of hydrogen-bond donors (Lipinski definition) is 2. The third-order valence-electron chi connectivity index (χ3n) is 6.72. The van der Waals surface area contributed by atoms with E-state index in [1.54, 1.807) is 46.1 Å². The summed E-state index contributed by atoms with van der Waals surface area (Å²) in [6.07, 6.45) is 6.80. The molecule has 2 aromatic carbocycles. The molecule has 0 radical (unpaired) electrons. The van der Waals surface area contributed by atoms with Crippen LogP contribution in [0.1, 0.15) is 32.4 Å². The first-order chi connectivity index (χ1) is 21.3. The number of ether oxygens (including phenoxy) is 1. The molecular formula is C31H29FN8O3S. The summed E-state index contributed by atoms with van der Waals surface area (Å²) in [5.74, 6) is 1.10. The predicted molar refractivity (Wildman–Crippen MR) is 166 cm³/mol. The number of urea groups is 1. The highest BCUT2D eigenvalue weighted by Gasteiger charge is 2.24. The highest BCUT2D eigenvalue weighted by Crippen LogP contribution is 2.34. The fourth-order valence-electron chi connectivity index (χ4n) is 4.69. The lowest BCUT2D eigenvalue weighted by Crippen LogP contribution is -2.23. The molecule has 1 fully saturated rings. The van der Waals surface area contributed by atoms with Gasteiger partial charge in [-0.1, -0.05) is 25.2 Å². The zero-order chi connectivity index (χ0) is 30.6. The number of anilines is 3. The van der Waals surface area contributed by atoms with Crippen LogP contribution >= 0.6 is 11.3 Å². The molecule has 4 heterocycles. The molecule has 3 amide bonds. The lowest BCUT2D eigenvalue weighted by atomic mass is 10.1. The number of thiazole rings is 1. The second-order valence-corrected chi connectivity index (χ2v) is 11.6. The van der Waals surface area contributed by atoms with Crippen LogP contribution in [-0.4, -0.2) is 43.2 Å². The number of benzene rings is 2. The van der Waals surface area contributed by atoms with Gasteiger partial charge in [0.25, 0.3) is 0 Å². The fraction of sp³-hybridized carbons (Fsp3) is 0.226. The van der Waals surface area contributed by atoms with Crippen molar-refractivity contribution in [2.24, 2.45) is 5.92 Å². The monoisotopic (exact) mass is 612 g/mol. The molecule has 0 aliphatic carbocycles. The molecule has 0 atom stereocenters. The minimum Gasteiger partial charge on any atom is -0.424 e. The van der Waals surface area contributed by atoms with E-state index in [9.17, 15) is 14.0 Å². The van der Waals surface area contributed by atoms with E-state index in [1.165, 1.54) is 35.9 Å². The zero-order valence-electron chi connectivity index (χ0n) is 24.0. The number of amides is 3. The van der Waals surface area contributed by atoms with E-state index in [0.29, 0.717) is 47.0 Å². The molecule has 1 saturated heterocycles. The Labute approximate surface area is 256 Å². The van der Waals surface area contributed by atoms with Gasteiger partial charge in [0, 0.05) is 25.2 Å². The Morgan fingerprint density at radius 1 is 1.02 bits per heavy atom. The number of carbonyl (C=O) groups excluding carboxylic acids is 2. The predicted octanol–water partition coefficient (Wildman–Crippen LogP) is 6.69. The van der Waals surface area contributed by atoms with Crippen molar-refractivity contribution in [1.29, 1.82) is 0 Å².